The average molecular weight is 974 g/mol. The molecule has 0 radical (unpaired) electrons. The van der Waals surface area contributed by atoms with Crippen LogP contribution in [0.5, 0.6) is 0 Å². The second-order valence-corrected chi connectivity index (χ2v) is 21.6. The number of benzene rings is 1. The first-order valence-electron chi connectivity index (χ1n) is 25.3. The number of fused-ring (bicyclic) bond motifs is 7. The molecule has 3 N–H and O–H groups in total. The summed E-state index contributed by atoms with van der Waals surface area (Å²) in [6.45, 7) is 11.7. The van der Waals surface area contributed by atoms with Crippen molar-refractivity contribution in [2.24, 2.45) is 12.5 Å². The number of rotatable bonds is 8. The number of imide groups is 2. The van der Waals surface area contributed by atoms with Crippen molar-refractivity contribution in [2.75, 3.05) is 47.8 Å². The lowest BCUT2D eigenvalue weighted by molar-refractivity contribution is -0.136. The molecular weight excluding hydrogens is 915 g/mol. The average Bonchev–Trinajstić information content (AvgIpc) is 3.95. The number of piperazine rings is 1. The van der Waals surface area contributed by atoms with Crippen molar-refractivity contribution in [1.29, 1.82) is 0 Å². The minimum Gasteiger partial charge on any atom is -0.392 e. The molecule has 72 heavy (non-hydrogen) atoms. The molecule has 7 aliphatic rings. The smallest absolute Gasteiger partial charge is 0.276 e. The molecule has 4 atom stereocenters. The van der Waals surface area contributed by atoms with E-state index >= 15 is 0 Å². The zero-order chi connectivity index (χ0) is 49.9. The number of aliphatic hydroxyl groups excluding tert-OH is 1. The van der Waals surface area contributed by atoms with E-state index in [4.69, 9.17) is 4.98 Å². The maximum atomic E-state index is 14.0. The molecule has 0 bridgehead atoms. The van der Waals surface area contributed by atoms with Crippen molar-refractivity contribution in [3.8, 4) is 11.1 Å². The first-order valence-corrected chi connectivity index (χ1v) is 25.3. The summed E-state index contributed by atoms with van der Waals surface area (Å²) in [5.74, 6) is -1.12. The number of amides is 5. The molecule has 3 saturated heterocycles. The van der Waals surface area contributed by atoms with E-state index in [0.717, 1.165) is 73.6 Å². The summed E-state index contributed by atoms with van der Waals surface area (Å²) in [5.41, 5.74) is 8.93. The lowest BCUT2D eigenvalue weighted by Gasteiger charge is -2.49. The van der Waals surface area contributed by atoms with Crippen LogP contribution in [0.4, 0.5) is 23.0 Å². The Morgan fingerprint density at radius 3 is 2.47 bits per heavy atom. The first-order chi connectivity index (χ1) is 34.6. The van der Waals surface area contributed by atoms with Gasteiger partial charge in [-0.15, -0.1) is 0 Å². The first kappa shape index (κ1) is 46.1. The van der Waals surface area contributed by atoms with Crippen LogP contribution in [0, 0.1) is 5.41 Å². The van der Waals surface area contributed by atoms with Gasteiger partial charge < -0.3 is 24.5 Å². The number of nitrogens with zero attached hydrogens (tertiary/aromatic N) is 9. The number of aliphatic hydroxyl groups is 1. The number of aryl methyl sites for hydroxylation is 1. The van der Waals surface area contributed by atoms with Crippen LogP contribution in [0.2, 0.25) is 0 Å². The zero-order valence-corrected chi connectivity index (χ0v) is 41.1. The van der Waals surface area contributed by atoms with E-state index < -0.39 is 29.7 Å². The van der Waals surface area contributed by atoms with E-state index in [1.165, 1.54) is 15.8 Å². The Balaban J connectivity index is 0.702. The number of hydrogen-bond acceptors (Lipinski definition) is 13. The van der Waals surface area contributed by atoms with Gasteiger partial charge in [-0.2, -0.15) is 0 Å². The third kappa shape index (κ3) is 7.64. The summed E-state index contributed by atoms with van der Waals surface area (Å²) in [6, 6.07) is 13.0. The number of nitrogens with one attached hydrogen (secondary N) is 2. The lowest BCUT2D eigenvalue weighted by Crippen LogP contribution is -2.59. The van der Waals surface area contributed by atoms with E-state index in [1.54, 1.807) is 42.5 Å². The van der Waals surface area contributed by atoms with Gasteiger partial charge in [-0.3, -0.25) is 53.7 Å². The number of carbonyl (C=O) groups excluding carboxylic acids is 5. The van der Waals surface area contributed by atoms with Crippen LogP contribution in [0.25, 0.3) is 11.1 Å². The van der Waals surface area contributed by atoms with Crippen LogP contribution in [0.1, 0.15) is 106 Å². The highest BCUT2D eigenvalue weighted by Gasteiger charge is 2.48. The normalized spacial score (nSPS) is 24.0. The molecular formula is C54H59N11O7. The number of anilines is 4. The summed E-state index contributed by atoms with van der Waals surface area (Å²) in [4.78, 5) is 99.3. The molecule has 5 aromatic rings. The number of piperidine rings is 2. The fraction of sp³-hybridized carbons (Fsp3) is 0.444. The van der Waals surface area contributed by atoms with Crippen molar-refractivity contribution in [2.45, 2.75) is 110 Å². The minimum atomic E-state index is -0.991. The quantitative estimate of drug-likeness (QED) is 0.188. The molecule has 372 valence electrons. The van der Waals surface area contributed by atoms with Gasteiger partial charge in [0.2, 0.25) is 11.8 Å². The maximum Gasteiger partial charge on any atom is 0.276 e. The lowest BCUT2D eigenvalue weighted by atomic mass is 9.83. The van der Waals surface area contributed by atoms with Crippen molar-refractivity contribution in [3.63, 3.8) is 0 Å². The van der Waals surface area contributed by atoms with E-state index in [2.05, 4.69) is 55.7 Å². The topological polar surface area (TPSA) is 199 Å². The van der Waals surface area contributed by atoms with Crippen molar-refractivity contribution in [3.05, 3.63) is 116 Å². The van der Waals surface area contributed by atoms with Gasteiger partial charge in [0.05, 0.1) is 29.6 Å². The molecule has 1 unspecified atom stereocenters. The Labute approximate surface area is 416 Å². The molecule has 5 amide bonds. The highest BCUT2D eigenvalue weighted by molar-refractivity contribution is 6.24. The summed E-state index contributed by atoms with van der Waals surface area (Å²) in [6.07, 6.45) is 9.92. The van der Waals surface area contributed by atoms with Gasteiger partial charge in [0.1, 0.15) is 29.1 Å². The predicted octanol–water partition coefficient (Wildman–Crippen LogP) is 4.17. The van der Waals surface area contributed by atoms with Gasteiger partial charge in [0.25, 0.3) is 23.3 Å². The number of pyridine rings is 3. The van der Waals surface area contributed by atoms with Crippen LogP contribution in [-0.2, 0) is 55.6 Å². The fourth-order valence-corrected chi connectivity index (χ4v) is 13.0. The number of hydrogen-bond donors (Lipinski definition) is 3. The monoisotopic (exact) mass is 973 g/mol. The van der Waals surface area contributed by atoms with E-state index in [0.29, 0.717) is 82.9 Å². The second-order valence-electron chi connectivity index (χ2n) is 21.6. The van der Waals surface area contributed by atoms with Gasteiger partial charge in [-0.1, -0.05) is 19.9 Å². The fourth-order valence-electron chi connectivity index (χ4n) is 13.0. The van der Waals surface area contributed by atoms with Crippen LogP contribution in [0.3, 0.4) is 0 Å². The molecule has 3 fully saturated rings. The molecule has 18 nitrogen and oxygen atoms in total. The van der Waals surface area contributed by atoms with Crippen LogP contribution < -0.4 is 26.0 Å². The summed E-state index contributed by atoms with van der Waals surface area (Å²) >= 11 is 0. The summed E-state index contributed by atoms with van der Waals surface area (Å²) < 4.78 is 3.66. The molecule has 6 aliphatic heterocycles. The van der Waals surface area contributed by atoms with Gasteiger partial charge in [0.15, 0.2) is 0 Å². The Morgan fingerprint density at radius 1 is 0.847 bits per heavy atom. The Morgan fingerprint density at radius 2 is 1.69 bits per heavy atom. The second kappa shape index (κ2) is 17.3. The highest BCUT2D eigenvalue weighted by Crippen LogP contribution is 2.42. The molecule has 1 aromatic carbocycles. The molecule has 0 spiro atoms. The third-order valence-corrected chi connectivity index (χ3v) is 16.5. The summed E-state index contributed by atoms with van der Waals surface area (Å²) in [5, 5.41) is 16.4. The SMILES string of the molecule is C[C@H]1CN([C@H]2CCN3Cc4ccc5c(c4C[C@H]3C2)C(=O)N(C2CCC(=O)NC2=O)C5=O)CCN1c1ccc(Nc2cc(-c3ccnc(N4CCn5c(cc6c5CC(C)(C)C6)C4=O)c3CO)cn(C)c2=O)nc1. The van der Waals surface area contributed by atoms with E-state index in [9.17, 15) is 33.9 Å². The van der Waals surface area contributed by atoms with Crippen molar-refractivity contribution in [1.82, 2.24) is 39.1 Å². The maximum absolute atomic E-state index is 14.0. The van der Waals surface area contributed by atoms with E-state index in [-0.39, 0.29) is 48.4 Å². The number of carbonyl (C=O) groups is 5. The molecule has 18 heteroatoms. The van der Waals surface area contributed by atoms with E-state index in [1.807, 2.05) is 30.5 Å². The standard InChI is InChI=1S/C54H59N11O7/c1-30-26-61(34-12-14-60-28-31-5-7-38-47(39(31)22-36(60)21-34)53(72)65(50(38)69)42-8-10-46(67)58-49(42)68)15-16-62(30)35-6-9-45(56-25-35)57-41-19-33(27-59(4)51(41)70)37-11-13-55-48(40(37)29-66)64-18-17-63-43(52(64)71)20-32-23-54(2,3)24-44(32)63/h5-7,9,11,13,19-20,25,27,30,34,36,42,66H,8,10,12,14-18,21-24,26,28-29H2,1-4H3,(H,56,57)(H,58,67,68)/t30-,34-,36+,42?/m0/s1. The largest absolute Gasteiger partial charge is 0.392 e. The van der Waals surface area contributed by atoms with Crippen molar-refractivity contribution < 1.29 is 29.1 Å². The molecule has 4 aromatic heterocycles. The van der Waals surface area contributed by atoms with Crippen molar-refractivity contribution >= 4 is 52.5 Å². The third-order valence-electron chi connectivity index (χ3n) is 16.5. The van der Waals surface area contributed by atoms with Gasteiger partial charge in [-0.05, 0) is 110 Å². The van der Waals surface area contributed by atoms with Gasteiger partial charge in [-0.25, -0.2) is 9.97 Å². The van der Waals surface area contributed by atoms with Crippen LogP contribution in [0.15, 0.2) is 65.8 Å². The molecule has 10 heterocycles. The summed E-state index contributed by atoms with van der Waals surface area (Å²) in [7, 11) is 1.69. The Kier molecular flexibility index (Phi) is 11.1. The molecule has 0 saturated carbocycles. The van der Waals surface area contributed by atoms with Crippen LogP contribution >= 0.6 is 0 Å². The molecule has 12 rings (SSSR count). The van der Waals surface area contributed by atoms with Crippen LogP contribution in [-0.4, -0.2) is 125 Å². The zero-order valence-electron chi connectivity index (χ0n) is 41.1. The van der Waals surface area contributed by atoms with Gasteiger partial charge >= 0.3 is 0 Å². The Bertz CT molecular complexity index is 3200. The highest BCUT2D eigenvalue weighted by atomic mass is 16.3. The predicted molar refractivity (Wildman–Crippen MR) is 268 cm³/mol. The Hall–Kier alpha value is -7.02. The van der Waals surface area contributed by atoms with Gasteiger partial charge in [0, 0.05) is 107 Å². The number of aromatic nitrogens is 4. The minimum absolute atomic E-state index is 0.0835. The molecule has 1 aliphatic carbocycles.